The van der Waals surface area contributed by atoms with Crippen LogP contribution >= 0.6 is 11.6 Å². The Hall–Kier alpha value is -1.26. The van der Waals surface area contributed by atoms with E-state index in [1.165, 1.54) is 0 Å². The molecule has 1 rings (SSSR count). The van der Waals surface area contributed by atoms with Crippen LogP contribution < -0.4 is 11.1 Å². The van der Waals surface area contributed by atoms with Crippen molar-refractivity contribution in [2.75, 3.05) is 6.54 Å². The molecule has 0 aromatic heterocycles. The molecule has 0 bridgehead atoms. The van der Waals surface area contributed by atoms with Gasteiger partial charge in [0.1, 0.15) is 5.60 Å². The molecule has 1 amide bonds. The van der Waals surface area contributed by atoms with Crippen molar-refractivity contribution in [3.8, 4) is 0 Å². The summed E-state index contributed by atoms with van der Waals surface area (Å²) in [6.45, 7) is 7.68. The molecule has 1 aromatic carbocycles. The first-order chi connectivity index (χ1) is 8.69. The third-order valence-electron chi connectivity index (χ3n) is 2.48. The van der Waals surface area contributed by atoms with E-state index in [0.29, 0.717) is 11.6 Å². The summed E-state index contributed by atoms with van der Waals surface area (Å²) in [6, 6.07) is 5.29. The first-order valence-electron chi connectivity index (χ1n) is 6.17. The van der Waals surface area contributed by atoms with E-state index in [9.17, 15) is 4.79 Å². The van der Waals surface area contributed by atoms with Crippen molar-refractivity contribution < 1.29 is 9.53 Å². The highest BCUT2D eigenvalue weighted by Crippen LogP contribution is 2.19. The number of hydrogen-bond donors (Lipinski definition) is 2. The molecule has 0 aliphatic carbocycles. The summed E-state index contributed by atoms with van der Waals surface area (Å²) in [5, 5.41) is 3.36. The largest absolute Gasteiger partial charge is 0.444 e. The van der Waals surface area contributed by atoms with Gasteiger partial charge in [-0.05, 0) is 44.9 Å². The van der Waals surface area contributed by atoms with Crippen LogP contribution in [0.5, 0.6) is 0 Å². The molecule has 1 unspecified atom stereocenters. The third-order valence-corrected chi connectivity index (χ3v) is 2.90. The molecule has 1 atom stereocenters. The predicted octanol–water partition coefficient (Wildman–Crippen LogP) is 3.17. The maximum absolute atomic E-state index is 11.5. The van der Waals surface area contributed by atoms with E-state index < -0.39 is 11.7 Å². The lowest BCUT2D eigenvalue weighted by Crippen LogP contribution is -2.36. The molecule has 4 nitrogen and oxygen atoms in total. The molecule has 0 spiro atoms. The summed E-state index contributed by atoms with van der Waals surface area (Å²) >= 11 is 5.95. The van der Waals surface area contributed by atoms with E-state index in [-0.39, 0.29) is 6.04 Å². The number of benzene rings is 1. The van der Waals surface area contributed by atoms with Gasteiger partial charge in [0.25, 0.3) is 0 Å². The van der Waals surface area contributed by atoms with Gasteiger partial charge >= 0.3 is 6.09 Å². The lowest BCUT2D eigenvalue weighted by molar-refractivity contribution is 0.0524. The third kappa shape index (κ3) is 5.49. The summed E-state index contributed by atoms with van der Waals surface area (Å²) in [4.78, 5) is 11.5. The fraction of sp³-hybridized carbons (Fsp3) is 0.500. The van der Waals surface area contributed by atoms with Crippen molar-refractivity contribution in [1.82, 2.24) is 5.32 Å². The molecule has 5 heteroatoms. The lowest BCUT2D eigenvalue weighted by Gasteiger charge is -2.21. The number of hydrogen-bond acceptors (Lipinski definition) is 3. The maximum atomic E-state index is 11.5. The van der Waals surface area contributed by atoms with E-state index >= 15 is 0 Å². The monoisotopic (exact) mass is 284 g/mol. The number of aryl methyl sites for hydroxylation is 1. The number of nitrogens with one attached hydrogen (secondary N) is 1. The maximum Gasteiger partial charge on any atom is 0.407 e. The van der Waals surface area contributed by atoms with Crippen LogP contribution in [-0.2, 0) is 4.74 Å². The van der Waals surface area contributed by atoms with Crippen molar-refractivity contribution in [3.63, 3.8) is 0 Å². The Morgan fingerprint density at radius 1 is 1.47 bits per heavy atom. The molecule has 0 aliphatic rings. The normalized spacial score (nSPS) is 12.9. The first-order valence-corrected chi connectivity index (χ1v) is 6.55. The number of amides is 1. The number of carbonyl (C=O) groups excluding carboxylic acids is 1. The van der Waals surface area contributed by atoms with E-state index in [0.717, 1.165) is 11.1 Å². The predicted molar refractivity (Wildman–Crippen MR) is 77.4 cm³/mol. The molecule has 3 N–H and O–H groups in total. The molecule has 0 saturated heterocycles. The zero-order valence-electron chi connectivity index (χ0n) is 11.8. The Morgan fingerprint density at radius 3 is 2.63 bits per heavy atom. The molecular weight excluding hydrogens is 264 g/mol. The van der Waals surface area contributed by atoms with Gasteiger partial charge in [0, 0.05) is 17.6 Å². The summed E-state index contributed by atoms with van der Waals surface area (Å²) < 4.78 is 5.14. The second-order valence-corrected chi connectivity index (χ2v) is 5.91. The van der Waals surface area contributed by atoms with Crippen molar-refractivity contribution in [3.05, 3.63) is 34.3 Å². The van der Waals surface area contributed by atoms with E-state index in [4.69, 9.17) is 22.1 Å². The topological polar surface area (TPSA) is 64.3 Å². The number of carbonyl (C=O) groups is 1. The molecule has 0 fully saturated rings. The van der Waals surface area contributed by atoms with Gasteiger partial charge in [-0.2, -0.15) is 0 Å². The van der Waals surface area contributed by atoms with Crippen LogP contribution in [0.15, 0.2) is 18.2 Å². The number of rotatable bonds is 3. The van der Waals surface area contributed by atoms with Gasteiger partial charge in [-0.3, -0.25) is 0 Å². The highest BCUT2D eigenvalue weighted by molar-refractivity contribution is 6.31. The van der Waals surface area contributed by atoms with Crippen LogP contribution in [0.25, 0.3) is 0 Å². The second-order valence-electron chi connectivity index (χ2n) is 5.50. The second kappa shape index (κ2) is 6.26. The Labute approximate surface area is 119 Å². The lowest BCUT2D eigenvalue weighted by atomic mass is 10.1. The Balaban J connectivity index is 2.53. The zero-order valence-corrected chi connectivity index (χ0v) is 12.5. The van der Waals surface area contributed by atoms with Crippen LogP contribution in [0.2, 0.25) is 5.02 Å². The van der Waals surface area contributed by atoms with E-state index in [2.05, 4.69) is 5.32 Å². The molecule has 0 saturated carbocycles. The highest BCUT2D eigenvalue weighted by atomic mass is 35.5. The minimum absolute atomic E-state index is 0.288. The fourth-order valence-corrected chi connectivity index (χ4v) is 1.64. The number of alkyl carbamates (subject to hydrolysis) is 1. The van der Waals surface area contributed by atoms with Crippen molar-refractivity contribution in [2.24, 2.45) is 5.73 Å². The van der Waals surface area contributed by atoms with Crippen LogP contribution in [0, 0.1) is 6.92 Å². The summed E-state index contributed by atoms with van der Waals surface area (Å²) in [5.41, 5.74) is 7.40. The van der Waals surface area contributed by atoms with Gasteiger partial charge in [-0.1, -0.05) is 23.7 Å². The Morgan fingerprint density at radius 2 is 2.11 bits per heavy atom. The van der Waals surface area contributed by atoms with Gasteiger partial charge in [0.15, 0.2) is 0 Å². The molecule has 106 valence electrons. The minimum Gasteiger partial charge on any atom is -0.444 e. The summed E-state index contributed by atoms with van der Waals surface area (Å²) in [5.74, 6) is 0. The quantitative estimate of drug-likeness (QED) is 0.896. The molecule has 0 aliphatic heterocycles. The van der Waals surface area contributed by atoms with Gasteiger partial charge in [-0.15, -0.1) is 0 Å². The van der Waals surface area contributed by atoms with E-state index in [1.807, 2.05) is 39.8 Å². The van der Waals surface area contributed by atoms with Crippen LogP contribution in [0.4, 0.5) is 4.79 Å². The van der Waals surface area contributed by atoms with Gasteiger partial charge in [-0.25, -0.2) is 4.79 Å². The standard InChI is InChI=1S/C14H21ClN2O2/c1-9-7-10(5-6-11(9)15)12(16)8-17-13(18)19-14(2,3)4/h5-7,12H,8,16H2,1-4H3,(H,17,18). The highest BCUT2D eigenvalue weighted by Gasteiger charge is 2.17. The number of nitrogens with two attached hydrogens (primary N) is 1. The zero-order chi connectivity index (χ0) is 14.6. The first kappa shape index (κ1) is 15.8. The Kier molecular flexibility index (Phi) is 5.20. The molecule has 19 heavy (non-hydrogen) atoms. The minimum atomic E-state index is -0.509. The average molecular weight is 285 g/mol. The van der Waals surface area contributed by atoms with Gasteiger partial charge < -0.3 is 15.8 Å². The summed E-state index contributed by atoms with van der Waals surface area (Å²) in [6.07, 6.45) is -0.464. The van der Waals surface area contributed by atoms with Crippen LogP contribution in [-0.4, -0.2) is 18.2 Å². The van der Waals surface area contributed by atoms with Crippen molar-refractivity contribution >= 4 is 17.7 Å². The fourth-order valence-electron chi connectivity index (χ4n) is 1.52. The van der Waals surface area contributed by atoms with Gasteiger partial charge in [0.05, 0.1) is 0 Å². The van der Waals surface area contributed by atoms with Crippen molar-refractivity contribution in [2.45, 2.75) is 39.3 Å². The Bertz CT molecular complexity index is 455. The molecule has 0 heterocycles. The number of halogens is 1. The SMILES string of the molecule is Cc1cc(C(N)CNC(=O)OC(C)(C)C)ccc1Cl. The molecule has 0 radical (unpaired) electrons. The van der Waals surface area contributed by atoms with Crippen LogP contribution in [0.3, 0.4) is 0 Å². The van der Waals surface area contributed by atoms with Crippen LogP contribution in [0.1, 0.15) is 37.9 Å². The average Bonchev–Trinajstić information content (AvgIpc) is 2.27. The van der Waals surface area contributed by atoms with Gasteiger partial charge in [0.2, 0.25) is 0 Å². The number of ether oxygens (including phenoxy) is 1. The summed E-state index contributed by atoms with van der Waals surface area (Å²) in [7, 11) is 0. The molecular formula is C14H21ClN2O2. The van der Waals surface area contributed by atoms with E-state index in [1.54, 1.807) is 6.07 Å². The smallest absolute Gasteiger partial charge is 0.407 e. The van der Waals surface area contributed by atoms with Crippen molar-refractivity contribution in [1.29, 1.82) is 0 Å². The molecule has 1 aromatic rings.